The highest BCUT2D eigenvalue weighted by Crippen LogP contribution is 2.22. The topological polar surface area (TPSA) is 161 Å². The van der Waals surface area contributed by atoms with E-state index in [9.17, 15) is 29.4 Å². The number of carbonyl (C=O) groups is 4. The van der Waals surface area contributed by atoms with Crippen LogP contribution in [0.1, 0.15) is 71.7 Å². The van der Waals surface area contributed by atoms with Crippen molar-refractivity contribution >= 4 is 40.7 Å². The third-order valence-corrected chi connectivity index (χ3v) is 7.18. The summed E-state index contributed by atoms with van der Waals surface area (Å²) in [4.78, 5) is 54.3. The first-order valence-electron chi connectivity index (χ1n) is 13.9. The number of carboxylic acids is 1. The molecule has 222 valence electrons. The number of hydrazine groups is 1. The largest absolute Gasteiger partial charge is 0.481 e. The fourth-order valence-corrected chi connectivity index (χ4v) is 4.29. The van der Waals surface area contributed by atoms with Gasteiger partial charge in [0.25, 0.3) is 5.91 Å². The van der Waals surface area contributed by atoms with Crippen LogP contribution in [0.4, 0.5) is 0 Å². The molecule has 0 saturated carbocycles. The molecular formula is C30H41N5O6. The first kappa shape index (κ1) is 31.7. The molecule has 2 heterocycles. The smallest absolute Gasteiger partial charge is 0.312 e. The van der Waals surface area contributed by atoms with Gasteiger partial charge >= 0.3 is 5.97 Å². The molecule has 1 aromatic carbocycles. The van der Waals surface area contributed by atoms with E-state index in [1.165, 1.54) is 5.01 Å². The Labute approximate surface area is 240 Å². The van der Waals surface area contributed by atoms with Gasteiger partial charge < -0.3 is 20.8 Å². The normalized spacial score (nSPS) is 18.2. The Morgan fingerprint density at radius 3 is 2.44 bits per heavy atom. The number of aromatic nitrogens is 1. The van der Waals surface area contributed by atoms with Gasteiger partial charge in [0.05, 0.1) is 22.7 Å². The van der Waals surface area contributed by atoms with Crippen LogP contribution in [0.5, 0.6) is 0 Å². The molecular weight excluding hydrogens is 526 g/mol. The van der Waals surface area contributed by atoms with E-state index in [-0.39, 0.29) is 11.8 Å². The van der Waals surface area contributed by atoms with E-state index in [4.69, 9.17) is 4.98 Å². The predicted molar refractivity (Wildman–Crippen MR) is 155 cm³/mol. The van der Waals surface area contributed by atoms with Crippen LogP contribution in [0.25, 0.3) is 17.0 Å². The number of carboxylic acid groups (broad SMARTS) is 1. The van der Waals surface area contributed by atoms with Crippen LogP contribution in [-0.4, -0.2) is 68.6 Å². The molecule has 1 fully saturated rings. The number of aliphatic carboxylic acids is 1. The number of hydrogen-bond donors (Lipinski definition) is 5. The average molecular weight is 568 g/mol. The van der Waals surface area contributed by atoms with Gasteiger partial charge in [-0.2, -0.15) is 0 Å². The molecule has 1 aliphatic rings. The first-order chi connectivity index (χ1) is 19.2. The number of amides is 3. The second kappa shape index (κ2) is 13.2. The number of nitrogens with one attached hydrogen (secondary N) is 3. The molecule has 11 nitrogen and oxygen atoms in total. The molecule has 0 radical (unpaired) electrons. The average Bonchev–Trinajstić information content (AvgIpc) is 2.94. The molecule has 0 bridgehead atoms. The van der Waals surface area contributed by atoms with E-state index in [1.54, 1.807) is 46.8 Å². The number of pyridine rings is 1. The van der Waals surface area contributed by atoms with Crippen molar-refractivity contribution in [1.29, 1.82) is 0 Å². The lowest BCUT2D eigenvalue weighted by molar-refractivity contribution is -0.145. The summed E-state index contributed by atoms with van der Waals surface area (Å²) in [6, 6.07) is 7.50. The molecule has 3 rings (SSSR count). The van der Waals surface area contributed by atoms with Crippen molar-refractivity contribution in [1.82, 2.24) is 26.1 Å². The van der Waals surface area contributed by atoms with E-state index < -0.39 is 47.4 Å². The molecule has 4 atom stereocenters. The quantitative estimate of drug-likeness (QED) is 0.293. The van der Waals surface area contributed by atoms with Gasteiger partial charge in [-0.25, -0.2) is 5.43 Å². The third kappa shape index (κ3) is 8.11. The van der Waals surface area contributed by atoms with Gasteiger partial charge in [0.1, 0.15) is 18.2 Å². The van der Waals surface area contributed by atoms with Crippen LogP contribution >= 0.6 is 0 Å². The molecule has 1 unspecified atom stereocenters. The minimum absolute atomic E-state index is 0.281. The van der Waals surface area contributed by atoms with Crippen molar-refractivity contribution < 1.29 is 29.4 Å². The predicted octanol–water partition coefficient (Wildman–Crippen LogP) is 2.55. The number of rotatable bonds is 10. The summed E-state index contributed by atoms with van der Waals surface area (Å²) in [6.45, 7) is 10.4. The molecule has 41 heavy (non-hydrogen) atoms. The minimum Gasteiger partial charge on any atom is -0.481 e. The van der Waals surface area contributed by atoms with Gasteiger partial charge in [-0.05, 0) is 64.2 Å². The van der Waals surface area contributed by atoms with Crippen molar-refractivity contribution in [2.24, 2.45) is 11.3 Å². The standard InChI is InChI=1S/C30H41N5O6/c1-17(2)25(36)27(38)32-19(4)28(39)35-15-7-8-23(34-35)26(37)31-18(3)22-12-11-21-10-9-20(16-24(21)33-22)13-14-30(5,6)29(40)41/h9-14,16-19,23,25,34,36H,7-8,15H2,1-6H3,(H,31,37)(H,32,38)(H,40,41)/b14-13+/t18-,19+,23+,25?/m1/s1. The Morgan fingerprint density at radius 1 is 1.10 bits per heavy atom. The SMILES string of the molecule is CC(C)C(O)C(=O)N[C@@H](C)C(=O)N1CCC[C@@H](C(=O)N[C@H](C)c2ccc3ccc(/C=C/C(C)(C)C(=O)O)cc3n2)N1. The van der Waals surface area contributed by atoms with Gasteiger partial charge in [0, 0.05) is 11.9 Å². The Balaban J connectivity index is 1.64. The Morgan fingerprint density at radius 2 is 1.78 bits per heavy atom. The van der Waals surface area contributed by atoms with Crippen LogP contribution in [-0.2, 0) is 19.2 Å². The van der Waals surface area contributed by atoms with Crippen molar-refractivity contribution in [3.05, 3.63) is 47.7 Å². The van der Waals surface area contributed by atoms with Crippen LogP contribution in [0.3, 0.4) is 0 Å². The molecule has 1 aliphatic heterocycles. The van der Waals surface area contributed by atoms with Crippen molar-refractivity contribution in [2.75, 3.05) is 6.54 Å². The van der Waals surface area contributed by atoms with Crippen LogP contribution in [0.15, 0.2) is 36.4 Å². The molecule has 5 N–H and O–H groups in total. The summed E-state index contributed by atoms with van der Waals surface area (Å²) < 4.78 is 0. The van der Waals surface area contributed by atoms with Crippen molar-refractivity contribution in [3.63, 3.8) is 0 Å². The Hall–Kier alpha value is -3.83. The summed E-state index contributed by atoms with van der Waals surface area (Å²) in [7, 11) is 0. The highest BCUT2D eigenvalue weighted by molar-refractivity contribution is 5.89. The molecule has 1 saturated heterocycles. The lowest BCUT2D eigenvalue weighted by Crippen LogP contribution is -2.61. The number of aliphatic hydroxyl groups is 1. The number of fused-ring (bicyclic) bond motifs is 1. The van der Waals surface area contributed by atoms with Gasteiger partial charge in [-0.3, -0.25) is 29.2 Å². The van der Waals surface area contributed by atoms with Crippen LogP contribution < -0.4 is 16.1 Å². The van der Waals surface area contributed by atoms with Gasteiger partial charge in [0.15, 0.2) is 0 Å². The molecule has 3 amide bonds. The second-order valence-corrected chi connectivity index (χ2v) is 11.5. The highest BCUT2D eigenvalue weighted by Gasteiger charge is 2.32. The minimum atomic E-state index is -1.21. The Bertz CT molecular complexity index is 1320. The maximum Gasteiger partial charge on any atom is 0.312 e. The van der Waals surface area contributed by atoms with Gasteiger partial charge in [-0.15, -0.1) is 0 Å². The van der Waals surface area contributed by atoms with E-state index in [0.717, 1.165) is 10.9 Å². The number of aliphatic hydroxyl groups excluding tert-OH is 1. The van der Waals surface area contributed by atoms with Gasteiger partial charge in [-0.1, -0.05) is 44.2 Å². The number of nitrogens with zero attached hydrogens (tertiary/aromatic N) is 2. The van der Waals surface area contributed by atoms with Crippen LogP contribution in [0.2, 0.25) is 0 Å². The maximum atomic E-state index is 13.1. The zero-order valence-corrected chi connectivity index (χ0v) is 24.5. The van der Waals surface area contributed by atoms with E-state index in [2.05, 4.69) is 16.1 Å². The summed E-state index contributed by atoms with van der Waals surface area (Å²) in [5.41, 5.74) is 4.15. The van der Waals surface area contributed by atoms with Crippen molar-refractivity contribution in [3.8, 4) is 0 Å². The fourth-order valence-electron chi connectivity index (χ4n) is 4.29. The number of benzene rings is 1. The lowest BCUT2D eigenvalue weighted by atomic mass is 9.92. The number of carbonyl (C=O) groups excluding carboxylic acids is 3. The van der Waals surface area contributed by atoms with Crippen LogP contribution in [0, 0.1) is 11.3 Å². The number of hydrogen-bond acceptors (Lipinski definition) is 7. The first-order valence-corrected chi connectivity index (χ1v) is 13.9. The monoisotopic (exact) mass is 567 g/mol. The van der Waals surface area contributed by atoms with Crippen molar-refractivity contribution in [2.45, 2.75) is 78.6 Å². The molecule has 2 aromatic rings. The lowest BCUT2D eigenvalue weighted by Gasteiger charge is -2.35. The summed E-state index contributed by atoms with van der Waals surface area (Å²) in [5, 5.41) is 27.0. The van der Waals surface area contributed by atoms with E-state index >= 15 is 0 Å². The zero-order chi connectivity index (χ0) is 30.5. The summed E-state index contributed by atoms with van der Waals surface area (Å²) in [6.07, 6.45) is 3.31. The zero-order valence-electron chi connectivity index (χ0n) is 24.5. The maximum absolute atomic E-state index is 13.1. The summed E-state index contributed by atoms with van der Waals surface area (Å²) >= 11 is 0. The second-order valence-electron chi connectivity index (χ2n) is 11.5. The summed E-state index contributed by atoms with van der Waals surface area (Å²) in [5.74, 6) is -2.49. The van der Waals surface area contributed by atoms with Gasteiger partial charge in [0.2, 0.25) is 11.8 Å². The fraction of sp³-hybridized carbons (Fsp3) is 0.500. The molecule has 0 aliphatic carbocycles. The molecule has 1 aromatic heterocycles. The molecule has 0 spiro atoms. The highest BCUT2D eigenvalue weighted by atomic mass is 16.4. The third-order valence-electron chi connectivity index (χ3n) is 7.18. The van der Waals surface area contributed by atoms with E-state index in [1.807, 2.05) is 37.3 Å². The Kier molecular flexibility index (Phi) is 10.2. The van der Waals surface area contributed by atoms with E-state index in [0.29, 0.717) is 30.6 Å². The molecule has 11 heteroatoms.